The number of hydrogen-bond acceptors (Lipinski definition) is 1. The third-order valence-electron chi connectivity index (χ3n) is 4.87. The second-order valence-electron chi connectivity index (χ2n) is 7.03. The van der Waals surface area contributed by atoms with Gasteiger partial charge in [-0.15, -0.1) is 0 Å². The summed E-state index contributed by atoms with van der Waals surface area (Å²) in [7, 11) is 0. The molecule has 0 aromatic carbocycles. The first-order valence-corrected chi connectivity index (χ1v) is 10.0. The van der Waals surface area contributed by atoms with Gasteiger partial charge < -0.3 is 4.74 Å². The third kappa shape index (κ3) is 11.2. The summed E-state index contributed by atoms with van der Waals surface area (Å²) in [5.74, 6) is 0. The van der Waals surface area contributed by atoms with Gasteiger partial charge in [0, 0.05) is 0 Å². The maximum absolute atomic E-state index is 5.81. The van der Waals surface area contributed by atoms with Crippen LogP contribution in [0.5, 0.6) is 0 Å². The Bertz CT molecular complexity index is 192. The molecule has 2 atom stereocenters. The normalized spacial score (nSPS) is 20.9. The van der Waals surface area contributed by atoms with Crippen LogP contribution in [0.15, 0.2) is 0 Å². The highest BCUT2D eigenvalue weighted by Gasteiger charge is 2.36. The van der Waals surface area contributed by atoms with Crippen molar-refractivity contribution in [1.29, 1.82) is 0 Å². The fraction of sp³-hybridized carbons (Fsp3) is 1.00. The van der Waals surface area contributed by atoms with Gasteiger partial charge in [0.1, 0.15) is 0 Å². The van der Waals surface area contributed by atoms with Gasteiger partial charge in [-0.3, -0.25) is 0 Å². The molecular weight excluding hydrogens is 256 g/mol. The van der Waals surface area contributed by atoms with E-state index in [9.17, 15) is 0 Å². The molecule has 0 saturated carbocycles. The van der Waals surface area contributed by atoms with E-state index in [1.165, 1.54) is 103 Å². The fourth-order valence-electron chi connectivity index (χ4n) is 3.29. The minimum atomic E-state index is 0.640. The van der Waals surface area contributed by atoms with Crippen molar-refractivity contribution >= 4 is 0 Å². The lowest BCUT2D eigenvalue weighted by Gasteiger charge is -2.00. The van der Waals surface area contributed by atoms with E-state index in [4.69, 9.17) is 4.74 Å². The summed E-state index contributed by atoms with van der Waals surface area (Å²) < 4.78 is 5.81. The van der Waals surface area contributed by atoms with E-state index in [-0.39, 0.29) is 0 Å². The van der Waals surface area contributed by atoms with Crippen LogP contribution in [0.3, 0.4) is 0 Å². The van der Waals surface area contributed by atoms with Crippen LogP contribution in [0.4, 0.5) is 0 Å². The highest BCUT2D eigenvalue weighted by Crippen LogP contribution is 2.31. The summed E-state index contributed by atoms with van der Waals surface area (Å²) in [6.45, 7) is 4.57. The van der Waals surface area contributed by atoms with Crippen molar-refractivity contribution in [1.82, 2.24) is 0 Å². The average molecular weight is 297 g/mol. The van der Waals surface area contributed by atoms with Gasteiger partial charge in [-0.05, 0) is 12.8 Å². The van der Waals surface area contributed by atoms with Gasteiger partial charge in [-0.1, -0.05) is 104 Å². The Balaban J connectivity index is 1.74. The second-order valence-corrected chi connectivity index (χ2v) is 7.03. The van der Waals surface area contributed by atoms with Crippen LogP contribution in [0.25, 0.3) is 0 Å². The molecule has 0 spiro atoms. The van der Waals surface area contributed by atoms with Crippen molar-refractivity contribution < 1.29 is 4.74 Å². The number of hydrogen-bond donors (Lipinski definition) is 0. The molecule has 0 bridgehead atoms. The topological polar surface area (TPSA) is 12.5 Å². The van der Waals surface area contributed by atoms with E-state index in [0.717, 1.165) is 0 Å². The molecule has 21 heavy (non-hydrogen) atoms. The quantitative estimate of drug-likeness (QED) is 0.220. The number of epoxide rings is 1. The molecule has 1 heteroatoms. The average Bonchev–Trinajstić information content (AvgIpc) is 3.24. The molecular formula is C20H40O. The van der Waals surface area contributed by atoms with Crippen molar-refractivity contribution in [3.05, 3.63) is 0 Å². The molecule has 1 fully saturated rings. The van der Waals surface area contributed by atoms with E-state index in [0.29, 0.717) is 12.2 Å². The molecule has 0 N–H and O–H groups in total. The van der Waals surface area contributed by atoms with Gasteiger partial charge in [0.2, 0.25) is 0 Å². The molecule has 126 valence electrons. The first kappa shape index (κ1) is 19.0. The molecule has 0 aromatic rings. The van der Waals surface area contributed by atoms with Gasteiger partial charge in [0.25, 0.3) is 0 Å². The number of rotatable bonds is 16. The van der Waals surface area contributed by atoms with Crippen LogP contribution in [0.1, 0.15) is 117 Å². The first-order valence-electron chi connectivity index (χ1n) is 10.0. The second kappa shape index (κ2) is 13.6. The summed E-state index contributed by atoms with van der Waals surface area (Å²) in [6.07, 6.45) is 23.8. The van der Waals surface area contributed by atoms with Gasteiger partial charge in [-0.2, -0.15) is 0 Å². The van der Waals surface area contributed by atoms with Crippen molar-refractivity contribution in [2.24, 2.45) is 0 Å². The molecule has 0 aliphatic carbocycles. The zero-order valence-corrected chi connectivity index (χ0v) is 14.9. The smallest absolute Gasteiger partial charge is 0.0841 e. The van der Waals surface area contributed by atoms with Crippen LogP contribution in [-0.4, -0.2) is 12.2 Å². The molecule has 2 unspecified atom stereocenters. The van der Waals surface area contributed by atoms with Gasteiger partial charge in [0.05, 0.1) is 12.2 Å². The van der Waals surface area contributed by atoms with Crippen LogP contribution in [-0.2, 0) is 4.74 Å². The van der Waals surface area contributed by atoms with E-state index in [2.05, 4.69) is 13.8 Å². The van der Waals surface area contributed by atoms with Gasteiger partial charge in [0.15, 0.2) is 0 Å². The minimum Gasteiger partial charge on any atom is -0.370 e. The highest BCUT2D eigenvalue weighted by atomic mass is 16.6. The zero-order valence-electron chi connectivity index (χ0n) is 14.9. The minimum absolute atomic E-state index is 0.640. The van der Waals surface area contributed by atoms with Crippen molar-refractivity contribution in [2.75, 3.05) is 0 Å². The largest absolute Gasteiger partial charge is 0.370 e. The van der Waals surface area contributed by atoms with Gasteiger partial charge >= 0.3 is 0 Å². The molecule has 1 nitrogen and oxygen atoms in total. The highest BCUT2D eigenvalue weighted by molar-refractivity contribution is 4.84. The van der Waals surface area contributed by atoms with E-state index >= 15 is 0 Å². The van der Waals surface area contributed by atoms with Crippen molar-refractivity contribution in [2.45, 2.75) is 129 Å². The Morgan fingerprint density at radius 3 is 1.19 bits per heavy atom. The maximum Gasteiger partial charge on any atom is 0.0841 e. The van der Waals surface area contributed by atoms with Crippen LogP contribution in [0, 0.1) is 0 Å². The lowest BCUT2D eigenvalue weighted by molar-refractivity contribution is 0.347. The van der Waals surface area contributed by atoms with Crippen molar-refractivity contribution in [3.8, 4) is 0 Å². The molecule has 1 aliphatic heterocycles. The summed E-state index contributed by atoms with van der Waals surface area (Å²) >= 11 is 0. The monoisotopic (exact) mass is 296 g/mol. The Morgan fingerprint density at radius 1 is 0.476 bits per heavy atom. The third-order valence-corrected chi connectivity index (χ3v) is 4.87. The summed E-state index contributed by atoms with van der Waals surface area (Å²) in [6, 6.07) is 0. The van der Waals surface area contributed by atoms with Crippen LogP contribution >= 0.6 is 0 Å². The van der Waals surface area contributed by atoms with Crippen LogP contribution < -0.4 is 0 Å². The maximum atomic E-state index is 5.81. The van der Waals surface area contributed by atoms with E-state index in [1.807, 2.05) is 0 Å². The molecule has 1 saturated heterocycles. The number of ether oxygens (including phenoxy) is 1. The van der Waals surface area contributed by atoms with Crippen LogP contribution in [0.2, 0.25) is 0 Å². The Kier molecular flexibility index (Phi) is 12.3. The van der Waals surface area contributed by atoms with E-state index < -0.39 is 0 Å². The Morgan fingerprint density at radius 2 is 0.810 bits per heavy atom. The van der Waals surface area contributed by atoms with Crippen molar-refractivity contribution in [3.63, 3.8) is 0 Å². The predicted molar refractivity (Wildman–Crippen MR) is 93.9 cm³/mol. The Hall–Kier alpha value is -0.0400. The molecule has 0 aromatic heterocycles. The standard InChI is InChI=1S/C20H40O/c1-3-5-7-9-11-13-15-17-19-20(21-19)18-16-14-12-10-8-6-4-2/h19-20H,3-18H2,1-2H3. The number of unbranched alkanes of at least 4 members (excludes halogenated alkanes) is 12. The molecule has 1 rings (SSSR count). The summed E-state index contributed by atoms with van der Waals surface area (Å²) in [5, 5.41) is 0. The molecule has 1 aliphatic rings. The zero-order chi connectivity index (χ0) is 15.2. The lowest BCUT2D eigenvalue weighted by atomic mass is 10.0. The lowest BCUT2D eigenvalue weighted by Crippen LogP contribution is -1.94. The van der Waals surface area contributed by atoms with E-state index in [1.54, 1.807) is 0 Å². The Labute approximate surface area is 134 Å². The molecule has 0 amide bonds. The summed E-state index contributed by atoms with van der Waals surface area (Å²) in [4.78, 5) is 0. The predicted octanol–water partition coefficient (Wildman–Crippen LogP) is 7.04. The fourth-order valence-corrected chi connectivity index (χ4v) is 3.29. The van der Waals surface area contributed by atoms with Gasteiger partial charge in [-0.25, -0.2) is 0 Å². The first-order chi connectivity index (χ1) is 10.4. The molecule has 1 heterocycles. The SMILES string of the molecule is CCCCCCCCCC1OC1CCCCCCCCC. The molecule has 0 radical (unpaired) electrons. The summed E-state index contributed by atoms with van der Waals surface area (Å²) in [5.41, 5.74) is 0.